The van der Waals surface area contributed by atoms with Crippen LogP contribution in [0.4, 0.5) is 11.4 Å². The SMILES string of the molecule is C[C@H](Sc1nc2ccc([N+](=O)[O-])cc2s1)C(=O)N1CCc2ccccc21. The van der Waals surface area contributed by atoms with Crippen molar-refractivity contribution in [2.45, 2.75) is 22.9 Å². The number of thioether (sulfide) groups is 1. The van der Waals surface area contributed by atoms with Gasteiger partial charge in [0.1, 0.15) is 0 Å². The summed E-state index contributed by atoms with van der Waals surface area (Å²) in [6.45, 7) is 2.58. The Hall–Kier alpha value is -2.45. The van der Waals surface area contributed by atoms with Gasteiger partial charge in [0.05, 0.1) is 20.4 Å². The molecule has 1 amide bonds. The molecule has 0 N–H and O–H groups in total. The van der Waals surface area contributed by atoms with Crippen molar-refractivity contribution in [3.05, 3.63) is 58.1 Å². The van der Waals surface area contributed by atoms with E-state index in [2.05, 4.69) is 11.1 Å². The second-order valence-electron chi connectivity index (χ2n) is 6.02. The first-order valence-electron chi connectivity index (χ1n) is 8.14. The molecule has 0 bridgehead atoms. The highest BCUT2D eigenvalue weighted by Crippen LogP contribution is 2.36. The molecule has 1 aliphatic rings. The number of hydrogen-bond acceptors (Lipinski definition) is 6. The third-order valence-electron chi connectivity index (χ3n) is 4.34. The molecule has 0 spiro atoms. The lowest BCUT2D eigenvalue weighted by atomic mass is 10.2. The fourth-order valence-corrected chi connectivity index (χ4v) is 5.35. The fraction of sp³-hybridized carbons (Fsp3) is 0.222. The van der Waals surface area contributed by atoms with Crippen LogP contribution in [0.3, 0.4) is 0 Å². The zero-order valence-corrected chi connectivity index (χ0v) is 15.5. The molecule has 2 heterocycles. The van der Waals surface area contributed by atoms with Crippen molar-refractivity contribution in [1.29, 1.82) is 0 Å². The topological polar surface area (TPSA) is 76.3 Å². The zero-order valence-electron chi connectivity index (χ0n) is 13.9. The summed E-state index contributed by atoms with van der Waals surface area (Å²) in [7, 11) is 0. The number of carbonyl (C=O) groups excluding carboxylic acids is 1. The van der Waals surface area contributed by atoms with Gasteiger partial charge < -0.3 is 4.90 Å². The molecule has 1 aliphatic heterocycles. The molecule has 0 unspecified atom stereocenters. The number of nitro groups is 1. The summed E-state index contributed by atoms with van der Waals surface area (Å²) in [5.74, 6) is 0.0604. The molecular formula is C18H15N3O3S2. The maximum Gasteiger partial charge on any atom is 0.270 e. The van der Waals surface area contributed by atoms with Crippen LogP contribution in [-0.4, -0.2) is 27.6 Å². The number of para-hydroxylation sites is 1. The first-order chi connectivity index (χ1) is 12.5. The molecular weight excluding hydrogens is 370 g/mol. The summed E-state index contributed by atoms with van der Waals surface area (Å²) in [6, 6.07) is 12.6. The fourth-order valence-electron chi connectivity index (χ4n) is 3.04. The summed E-state index contributed by atoms with van der Waals surface area (Å²) in [5, 5.41) is 10.6. The van der Waals surface area contributed by atoms with Gasteiger partial charge in [-0.25, -0.2) is 4.98 Å². The van der Waals surface area contributed by atoms with Crippen molar-refractivity contribution in [1.82, 2.24) is 4.98 Å². The number of nitro benzene ring substituents is 1. The summed E-state index contributed by atoms with van der Waals surface area (Å²) in [4.78, 5) is 29.7. The maximum atomic E-state index is 12.9. The van der Waals surface area contributed by atoms with Gasteiger partial charge in [0.2, 0.25) is 5.91 Å². The smallest absolute Gasteiger partial charge is 0.270 e. The number of thiazole rings is 1. The number of non-ortho nitro benzene ring substituents is 1. The van der Waals surface area contributed by atoms with Crippen LogP contribution >= 0.6 is 23.1 Å². The van der Waals surface area contributed by atoms with Gasteiger partial charge in [-0.15, -0.1) is 11.3 Å². The molecule has 8 heteroatoms. The monoisotopic (exact) mass is 385 g/mol. The number of rotatable bonds is 4. The molecule has 1 aromatic heterocycles. The van der Waals surface area contributed by atoms with Crippen molar-refractivity contribution in [2.75, 3.05) is 11.4 Å². The normalized spacial score (nSPS) is 14.4. The zero-order chi connectivity index (χ0) is 18.3. The van der Waals surface area contributed by atoms with E-state index >= 15 is 0 Å². The van der Waals surface area contributed by atoms with Gasteiger partial charge in [0, 0.05) is 24.4 Å². The number of anilines is 1. The Balaban J connectivity index is 1.53. The third kappa shape index (κ3) is 3.06. The van der Waals surface area contributed by atoms with Gasteiger partial charge in [-0.2, -0.15) is 0 Å². The van der Waals surface area contributed by atoms with Crippen molar-refractivity contribution in [2.24, 2.45) is 0 Å². The molecule has 0 aliphatic carbocycles. The van der Waals surface area contributed by atoms with Crippen molar-refractivity contribution >= 4 is 50.6 Å². The van der Waals surface area contributed by atoms with Gasteiger partial charge in [-0.05, 0) is 31.0 Å². The highest BCUT2D eigenvalue weighted by atomic mass is 32.2. The summed E-state index contributed by atoms with van der Waals surface area (Å²) in [5.41, 5.74) is 2.96. The van der Waals surface area contributed by atoms with Crippen LogP contribution in [0.25, 0.3) is 10.2 Å². The van der Waals surface area contributed by atoms with E-state index in [0.717, 1.165) is 21.1 Å². The molecule has 6 nitrogen and oxygen atoms in total. The molecule has 0 saturated heterocycles. The molecule has 26 heavy (non-hydrogen) atoms. The lowest BCUT2D eigenvalue weighted by Gasteiger charge is -2.20. The largest absolute Gasteiger partial charge is 0.311 e. The summed E-state index contributed by atoms with van der Waals surface area (Å²) < 4.78 is 1.50. The van der Waals surface area contributed by atoms with Crippen LogP contribution in [0.2, 0.25) is 0 Å². The first-order valence-corrected chi connectivity index (χ1v) is 9.83. The van der Waals surface area contributed by atoms with Crippen LogP contribution in [0.1, 0.15) is 12.5 Å². The number of amides is 1. The lowest BCUT2D eigenvalue weighted by Crippen LogP contribution is -2.35. The van der Waals surface area contributed by atoms with Crippen LogP contribution in [0.15, 0.2) is 46.8 Å². The van der Waals surface area contributed by atoms with Crippen molar-refractivity contribution < 1.29 is 9.72 Å². The van der Waals surface area contributed by atoms with E-state index in [4.69, 9.17) is 0 Å². The minimum atomic E-state index is -0.414. The third-order valence-corrected chi connectivity index (χ3v) is 6.54. The predicted molar refractivity (Wildman–Crippen MR) is 104 cm³/mol. The van der Waals surface area contributed by atoms with E-state index in [1.54, 1.807) is 6.07 Å². The Kier molecular flexibility index (Phi) is 4.37. The standard InChI is InChI=1S/C18H15N3O3S2/c1-11(17(22)20-9-8-12-4-2-3-5-15(12)20)25-18-19-14-7-6-13(21(23)24)10-16(14)26-18/h2-7,10-11H,8-9H2,1H3/t11-/m0/s1. The first kappa shape index (κ1) is 17.0. The van der Waals surface area contributed by atoms with E-state index in [-0.39, 0.29) is 16.8 Å². The Labute approximate surface area is 158 Å². The van der Waals surface area contributed by atoms with Crippen LogP contribution in [0, 0.1) is 10.1 Å². The van der Waals surface area contributed by atoms with Crippen molar-refractivity contribution in [3.63, 3.8) is 0 Å². The van der Waals surface area contributed by atoms with Gasteiger partial charge in [0.15, 0.2) is 4.34 Å². The molecule has 3 aromatic rings. The Morgan fingerprint density at radius 3 is 2.96 bits per heavy atom. The van der Waals surface area contributed by atoms with Crippen LogP contribution in [-0.2, 0) is 11.2 Å². The Morgan fingerprint density at radius 1 is 1.35 bits per heavy atom. The van der Waals surface area contributed by atoms with E-state index in [1.807, 2.05) is 30.0 Å². The predicted octanol–water partition coefficient (Wildman–Crippen LogP) is 4.27. The number of fused-ring (bicyclic) bond motifs is 2. The van der Waals surface area contributed by atoms with Crippen LogP contribution < -0.4 is 4.90 Å². The second kappa shape index (κ2) is 6.69. The quantitative estimate of drug-likeness (QED) is 0.381. The van der Waals surface area contributed by atoms with E-state index < -0.39 is 4.92 Å². The van der Waals surface area contributed by atoms with E-state index in [9.17, 15) is 14.9 Å². The number of nitrogens with zero attached hydrogens (tertiary/aromatic N) is 3. The molecule has 132 valence electrons. The van der Waals surface area contributed by atoms with E-state index in [1.165, 1.54) is 40.8 Å². The second-order valence-corrected chi connectivity index (χ2v) is 8.64. The molecule has 0 saturated carbocycles. The molecule has 2 aromatic carbocycles. The minimum Gasteiger partial charge on any atom is -0.311 e. The molecule has 1 atom stereocenters. The minimum absolute atomic E-state index is 0.0514. The van der Waals surface area contributed by atoms with Gasteiger partial charge in [-0.3, -0.25) is 14.9 Å². The number of aromatic nitrogens is 1. The van der Waals surface area contributed by atoms with Gasteiger partial charge in [-0.1, -0.05) is 30.0 Å². The summed E-state index contributed by atoms with van der Waals surface area (Å²) in [6.07, 6.45) is 0.879. The average molecular weight is 385 g/mol. The van der Waals surface area contributed by atoms with Gasteiger partial charge >= 0.3 is 0 Å². The van der Waals surface area contributed by atoms with Crippen LogP contribution in [0.5, 0.6) is 0 Å². The average Bonchev–Trinajstić information content (AvgIpc) is 3.23. The van der Waals surface area contributed by atoms with E-state index in [0.29, 0.717) is 12.1 Å². The maximum absolute atomic E-state index is 12.9. The summed E-state index contributed by atoms with van der Waals surface area (Å²) >= 11 is 2.78. The van der Waals surface area contributed by atoms with Gasteiger partial charge in [0.25, 0.3) is 5.69 Å². The molecule has 4 rings (SSSR count). The number of hydrogen-bond donors (Lipinski definition) is 0. The highest BCUT2D eigenvalue weighted by Gasteiger charge is 2.28. The molecule has 0 radical (unpaired) electrons. The highest BCUT2D eigenvalue weighted by molar-refractivity contribution is 8.02. The van der Waals surface area contributed by atoms with Crippen molar-refractivity contribution in [3.8, 4) is 0 Å². The Morgan fingerprint density at radius 2 is 2.15 bits per heavy atom. The number of carbonyl (C=O) groups is 1. The lowest BCUT2D eigenvalue weighted by molar-refractivity contribution is -0.384. The Bertz CT molecular complexity index is 1020. The molecule has 0 fully saturated rings. The number of benzene rings is 2.